The van der Waals surface area contributed by atoms with Crippen LogP contribution < -0.4 is 33.2 Å². The number of amides is 3. The normalized spacial score (nSPS) is 14.3. The first-order valence-electron chi connectivity index (χ1n) is 10.1. The van der Waals surface area contributed by atoms with Crippen LogP contribution in [0.2, 0.25) is 0 Å². The third-order valence-electron chi connectivity index (χ3n) is 4.41. The van der Waals surface area contributed by atoms with Crippen LogP contribution in [0.1, 0.15) is 33.1 Å². The van der Waals surface area contributed by atoms with Crippen molar-refractivity contribution in [3.05, 3.63) is 0 Å². The standard InChI is InChI=1S/C18H33N7O7S/c1-8(2)13(19)16(30)24-10(6-12(26)27)15(29)23-9(4-3-5-22-18(20)21)14(28)25-11(7-33)17(31)32/h8-11,13,33H,3-7,19H2,1-2H3,(H,23,29)(H,24,30)(H,25,28)(H,26,27)(H,31,32)(H4,20,21,22). The highest BCUT2D eigenvalue weighted by atomic mass is 32.1. The molecule has 0 aromatic carbocycles. The van der Waals surface area contributed by atoms with Gasteiger partial charge < -0.3 is 43.4 Å². The molecule has 11 N–H and O–H groups in total. The molecular weight excluding hydrogens is 458 g/mol. The van der Waals surface area contributed by atoms with E-state index in [1.807, 2.05) is 0 Å². The monoisotopic (exact) mass is 491 g/mol. The van der Waals surface area contributed by atoms with Gasteiger partial charge in [-0.25, -0.2) is 4.79 Å². The van der Waals surface area contributed by atoms with Crippen molar-refractivity contribution in [1.82, 2.24) is 16.0 Å². The van der Waals surface area contributed by atoms with Gasteiger partial charge in [0.05, 0.1) is 12.5 Å². The molecule has 4 atom stereocenters. The number of rotatable bonds is 15. The highest BCUT2D eigenvalue weighted by molar-refractivity contribution is 7.80. The Morgan fingerprint density at radius 2 is 1.42 bits per heavy atom. The molecule has 0 aromatic heterocycles. The lowest BCUT2D eigenvalue weighted by atomic mass is 10.0. The predicted molar refractivity (Wildman–Crippen MR) is 122 cm³/mol. The molecule has 0 aliphatic heterocycles. The molecule has 0 saturated carbocycles. The number of nitrogens with two attached hydrogens (primary N) is 3. The number of carboxylic acid groups (broad SMARTS) is 2. The van der Waals surface area contributed by atoms with Crippen molar-refractivity contribution in [1.29, 1.82) is 0 Å². The summed E-state index contributed by atoms with van der Waals surface area (Å²) in [5, 5.41) is 25.1. The van der Waals surface area contributed by atoms with Crippen molar-refractivity contribution in [2.24, 2.45) is 28.1 Å². The summed E-state index contributed by atoms with van der Waals surface area (Å²) in [5.74, 6) is -5.89. The van der Waals surface area contributed by atoms with Gasteiger partial charge in [-0.3, -0.25) is 24.2 Å². The van der Waals surface area contributed by atoms with E-state index in [4.69, 9.17) is 27.4 Å². The number of carbonyl (C=O) groups is 5. The average Bonchev–Trinajstić information content (AvgIpc) is 2.71. The van der Waals surface area contributed by atoms with Crippen LogP contribution in [0.3, 0.4) is 0 Å². The van der Waals surface area contributed by atoms with Gasteiger partial charge in [-0.1, -0.05) is 13.8 Å². The van der Waals surface area contributed by atoms with Crippen LogP contribution in [-0.4, -0.2) is 82.3 Å². The smallest absolute Gasteiger partial charge is 0.327 e. The molecule has 14 nitrogen and oxygen atoms in total. The number of nitrogens with zero attached hydrogens (tertiary/aromatic N) is 1. The lowest BCUT2D eigenvalue weighted by Gasteiger charge is -2.25. The largest absolute Gasteiger partial charge is 0.481 e. The van der Waals surface area contributed by atoms with Gasteiger partial charge in [0.1, 0.15) is 18.1 Å². The van der Waals surface area contributed by atoms with Gasteiger partial charge >= 0.3 is 11.9 Å². The van der Waals surface area contributed by atoms with Gasteiger partial charge in [0.2, 0.25) is 17.7 Å². The molecule has 0 saturated heterocycles. The fraction of sp³-hybridized carbons (Fsp3) is 0.667. The fourth-order valence-corrected chi connectivity index (χ4v) is 2.70. The van der Waals surface area contributed by atoms with E-state index in [0.717, 1.165) is 0 Å². The highest BCUT2D eigenvalue weighted by Crippen LogP contribution is 2.05. The summed E-state index contributed by atoms with van der Waals surface area (Å²) in [6.07, 6.45) is -0.547. The Kier molecular flexibility index (Phi) is 13.5. The Labute approximate surface area is 196 Å². The van der Waals surface area contributed by atoms with Crippen molar-refractivity contribution in [2.75, 3.05) is 12.3 Å². The summed E-state index contributed by atoms with van der Waals surface area (Å²) < 4.78 is 0. The van der Waals surface area contributed by atoms with Crippen LogP contribution in [0.4, 0.5) is 0 Å². The van der Waals surface area contributed by atoms with Crippen molar-refractivity contribution < 1.29 is 34.2 Å². The van der Waals surface area contributed by atoms with Crippen molar-refractivity contribution in [3.63, 3.8) is 0 Å². The molecule has 0 heterocycles. The topological polar surface area (TPSA) is 252 Å². The maximum absolute atomic E-state index is 12.7. The summed E-state index contributed by atoms with van der Waals surface area (Å²) in [6, 6.07) is -5.09. The van der Waals surface area contributed by atoms with Gasteiger partial charge in [0.15, 0.2) is 5.96 Å². The summed E-state index contributed by atoms with van der Waals surface area (Å²) in [7, 11) is 0. The predicted octanol–water partition coefficient (Wildman–Crippen LogP) is -3.03. The Morgan fingerprint density at radius 3 is 1.88 bits per heavy atom. The van der Waals surface area contributed by atoms with Gasteiger partial charge in [-0.15, -0.1) is 0 Å². The first-order chi connectivity index (χ1) is 15.3. The number of hydrogen-bond acceptors (Lipinski definition) is 8. The van der Waals surface area contributed by atoms with E-state index in [-0.39, 0.29) is 37.0 Å². The van der Waals surface area contributed by atoms with Crippen LogP contribution in [0, 0.1) is 5.92 Å². The van der Waals surface area contributed by atoms with E-state index < -0.39 is 60.2 Å². The fourth-order valence-electron chi connectivity index (χ4n) is 2.46. The summed E-state index contributed by atoms with van der Waals surface area (Å²) in [6.45, 7) is 3.47. The number of carboxylic acids is 2. The number of aliphatic carboxylic acids is 2. The molecule has 0 fully saturated rings. The van der Waals surface area contributed by atoms with E-state index in [2.05, 4.69) is 33.6 Å². The molecule has 0 bridgehead atoms. The molecule has 0 aliphatic rings. The zero-order valence-electron chi connectivity index (χ0n) is 18.5. The average molecular weight is 492 g/mol. The third-order valence-corrected chi connectivity index (χ3v) is 4.77. The highest BCUT2D eigenvalue weighted by Gasteiger charge is 2.31. The summed E-state index contributed by atoms with van der Waals surface area (Å²) in [4.78, 5) is 63.7. The van der Waals surface area contributed by atoms with Gasteiger partial charge in [-0.05, 0) is 18.8 Å². The number of hydrogen-bond donors (Lipinski definition) is 9. The molecule has 0 spiro atoms. The van der Waals surface area contributed by atoms with Crippen LogP contribution in [0.15, 0.2) is 4.99 Å². The molecule has 0 rings (SSSR count). The molecule has 0 aromatic rings. The molecule has 188 valence electrons. The van der Waals surface area contributed by atoms with Gasteiger partial charge in [-0.2, -0.15) is 12.6 Å². The minimum atomic E-state index is -1.52. The number of thiol groups is 1. The third kappa shape index (κ3) is 11.9. The van der Waals surface area contributed by atoms with Crippen LogP contribution in [0.25, 0.3) is 0 Å². The van der Waals surface area contributed by atoms with E-state index in [1.54, 1.807) is 13.8 Å². The first kappa shape index (κ1) is 29.9. The maximum atomic E-state index is 12.7. The number of aliphatic imine (C=N–C) groups is 1. The second-order valence-electron chi connectivity index (χ2n) is 7.52. The molecule has 0 radical (unpaired) electrons. The van der Waals surface area contributed by atoms with Crippen LogP contribution in [0.5, 0.6) is 0 Å². The molecule has 15 heteroatoms. The van der Waals surface area contributed by atoms with Crippen molar-refractivity contribution >= 4 is 48.2 Å². The summed E-state index contributed by atoms with van der Waals surface area (Å²) in [5.41, 5.74) is 16.2. The second kappa shape index (κ2) is 14.9. The molecule has 3 amide bonds. The van der Waals surface area contributed by atoms with Gasteiger partial charge in [0, 0.05) is 12.3 Å². The van der Waals surface area contributed by atoms with Gasteiger partial charge in [0.25, 0.3) is 0 Å². The number of nitrogens with one attached hydrogen (secondary N) is 3. The Morgan fingerprint density at radius 1 is 0.909 bits per heavy atom. The second-order valence-corrected chi connectivity index (χ2v) is 7.89. The summed E-state index contributed by atoms with van der Waals surface area (Å²) >= 11 is 3.87. The van der Waals surface area contributed by atoms with E-state index in [1.165, 1.54) is 0 Å². The zero-order valence-corrected chi connectivity index (χ0v) is 19.4. The lowest BCUT2D eigenvalue weighted by molar-refractivity contribution is -0.143. The minimum absolute atomic E-state index is 0.00743. The van der Waals surface area contributed by atoms with Crippen LogP contribution in [-0.2, 0) is 24.0 Å². The number of carbonyl (C=O) groups excluding carboxylic acids is 3. The van der Waals surface area contributed by atoms with Crippen LogP contribution >= 0.6 is 12.6 Å². The van der Waals surface area contributed by atoms with Crippen molar-refractivity contribution in [2.45, 2.75) is 57.3 Å². The van der Waals surface area contributed by atoms with E-state index in [0.29, 0.717) is 0 Å². The molecule has 33 heavy (non-hydrogen) atoms. The maximum Gasteiger partial charge on any atom is 0.327 e. The molecule has 4 unspecified atom stereocenters. The lowest BCUT2D eigenvalue weighted by Crippen LogP contribution is -2.58. The first-order valence-corrected chi connectivity index (χ1v) is 10.7. The SMILES string of the molecule is CC(C)C(N)C(=O)NC(CC(=O)O)C(=O)NC(CCCN=C(N)N)C(=O)NC(CS)C(=O)O. The van der Waals surface area contributed by atoms with E-state index >= 15 is 0 Å². The minimum Gasteiger partial charge on any atom is -0.481 e. The Balaban J connectivity index is 5.55. The zero-order chi connectivity index (χ0) is 25.7. The quantitative estimate of drug-likeness (QED) is 0.0484. The molecular formula is C18H33N7O7S. The number of guanidine groups is 1. The Hall–Kier alpha value is -3.07. The van der Waals surface area contributed by atoms with E-state index in [9.17, 15) is 24.0 Å². The molecule has 0 aliphatic carbocycles. The Bertz CT molecular complexity index is 744. The van der Waals surface area contributed by atoms with Crippen molar-refractivity contribution in [3.8, 4) is 0 Å².